The Bertz CT molecular complexity index is 702. The van der Waals surface area contributed by atoms with Crippen molar-refractivity contribution >= 4 is 0 Å². The summed E-state index contributed by atoms with van der Waals surface area (Å²) in [6, 6.07) is 15.1. The molecule has 1 heterocycles. The number of ether oxygens (including phenoxy) is 1. The van der Waals surface area contributed by atoms with Gasteiger partial charge in [0.2, 0.25) is 0 Å². The van der Waals surface area contributed by atoms with Crippen LogP contribution in [0.5, 0.6) is 5.75 Å². The lowest BCUT2D eigenvalue weighted by Crippen LogP contribution is -2.42. The van der Waals surface area contributed by atoms with Gasteiger partial charge in [-0.15, -0.1) is 0 Å². The van der Waals surface area contributed by atoms with Gasteiger partial charge < -0.3 is 10.1 Å². The van der Waals surface area contributed by atoms with Gasteiger partial charge in [-0.05, 0) is 74.4 Å². The van der Waals surface area contributed by atoms with Crippen molar-refractivity contribution in [3.05, 3.63) is 65.5 Å². The standard InChI is InChI=1S/C22H26FNO/c23-20-7-9-22(19(13-20)12-16-4-2-1-3-5-16)25-21-8-6-18-15-24-11-10-17(18)14-21/h1-5,7,9,13,17-18,21,24H,6,8,10-12,14-15H2. The smallest absolute Gasteiger partial charge is 0.123 e. The third-order valence-corrected chi connectivity index (χ3v) is 5.74. The van der Waals surface area contributed by atoms with Crippen molar-refractivity contribution in [2.45, 2.75) is 38.2 Å². The Kier molecular flexibility index (Phi) is 5.02. The van der Waals surface area contributed by atoms with Crippen LogP contribution < -0.4 is 10.1 Å². The Morgan fingerprint density at radius 2 is 1.88 bits per heavy atom. The monoisotopic (exact) mass is 339 g/mol. The van der Waals surface area contributed by atoms with Crippen LogP contribution in [0.25, 0.3) is 0 Å². The first-order valence-electron chi connectivity index (χ1n) is 9.47. The highest BCUT2D eigenvalue weighted by atomic mass is 19.1. The number of fused-ring (bicyclic) bond motifs is 1. The van der Waals surface area contributed by atoms with Crippen molar-refractivity contribution < 1.29 is 9.13 Å². The Balaban J connectivity index is 1.48. The maximum absolute atomic E-state index is 13.8. The molecule has 2 fully saturated rings. The second-order valence-corrected chi connectivity index (χ2v) is 7.48. The van der Waals surface area contributed by atoms with E-state index in [1.54, 1.807) is 6.07 Å². The van der Waals surface area contributed by atoms with Gasteiger partial charge in [0, 0.05) is 12.0 Å². The van der Waals surface area contributed by atoms with E-state index in [-0.39, 0.29) is 11.9 Å². The molecule has 1 saturated carbocycles. The largest absolute Gasteiger partial charge is 0.490 e. The Hall–Kier alpha value is -1.87. The molecule has 0 amide bonds. The van der Waals surface area contributed by atoms with E-state index in [1.165, 1.54) is 24.5 Å². The van der Waals surface area contributed by atoms with E-state index in [0.717, 1.165) is 49.1 Å². The van der Waals surface area contributed by atoms with Gasteiger partial charge in [0.25, 0.3) is 0 Å². The minimum atomic E-state index is -0.194. The van der Waals surface area contributed by atoms with Crippen molar-refractivity contribution in [3.8, 4) is 5.75 Å². The Labute approximate surface area is 149 Å². The van der Waals surface area contributed by atoms with Gasteiger partial charge in [-0.1, -0.05) is 30.3 Å². The Morgan fingerprint density at radius 3 is 2.76 bits per heavy atom. The van der Waals surface area contributed by atoms with Gasteiger partial charge in [-0.25, -0.2) is 4.39 Å². The van der Waals surface area contributed by atoms with Crippen molar-refractivity contribution in [2.24, 2.45) is 11.8 Å². The minimum Gasteiger partial charge on any atom is -0.490 e. The normalized spacial score (nSPS) is 26.0. The molecule has 1 N–H and O–H groups in total. The van der Waals surface area contributed by atoms with E-state index in [4.69, 9.17) is 4.74 Å². The molecule has 2 nitrogen and oxygen atoms in total. The molecule has 3 unspecified atom stereocenters. The van der Waals surface area contributed by atoms with Gasteiger partial charge in [-0.2, -0.15) is 0 Å². The first kappa shape index (κ1) is 16.6. The quantitative estimate of drug-likeness (QED) is 0.881. The fourth-order valence-corrected chi connectivity index (χ4v) is 4.38. The van der Waals surface area contributed by atoms with Gasteiger partial charge in [-0.3, -0.25) is 0 Å². The van der Waals surface area contributed by atoms with E-state index < -0.39 is 0 Å². The van der Waals surface area contributed by atoms with Crippen LogP contribution in [0.4, 0.5) is 4.39 Å². The maximum atomic E-state index is 13.8. The molecule has 0 aromatic heterocycles. The molecule has 0 spiro atoms. The van der Waals surface area contributed by atoms with Crippen LogP contribution in [0.3, 0.4) is 0 Å². The molecule has 2 aromatic rings. The summed E-state index contributed by atoms with van der Waals surface area (Å²) in [5, 5.41) is 3.51. The van der Waals surface area contributed by atoms with Crippen LogP contribution in [-0.2, 0) is 6.42 Å². The van der Waals surface area contributed by atoms with Gasteiger partial charge >= 0.3 is 0 Å². The molecule has 1 aliphatic carbocycles. The summed E-state index contributed by atoms with van der Waals surface area (Å²) < 4.78 is 20.2. The fraction of sp³-hybridized carbons (Fsp3) is 0.455. The summed E-state index contributed by atoms with van der Waals surface area (Å²) in [6.07, 6.45) is 5.69. The molecule has 3 atom stereocenters. The van der Waals surface area contributed by atoms with Crippen molar-refractivity contribution in [2.75, 3.05) is 13.1 Å². The average molecular weight is 339 g/mol. The Morgan fingerprint density at radius 1 is 1.00 bits per heavy atom. The second kappa shape index (κ2) is 7.57. The molecular formula is C22H26FNO. The number of nitrogens with one attached hydrogen (secondary N) is 1. The summed E-state index contributed by atoms with van der Waals surface area (Å²) in [5.41, 5.74) is 2.12. The zero-order valence-electron chi connectivity index (χ0n) is 14.6. The summed E-state index contributed by atoms with van der Waals surface area (Å²) in [7, 11) is 0. The number of rotatable bonds is 4. The molecule has 1 saturated heterocycles. The molecule has 3 heteroatoms. The maximum Gasteiger partial charge on any atom is 0.123 e. The topological polar surface area (TPSA) is 21.3 Å². The average Bonchev–Trinajstić information content (AvgIpc) is 2.65. The number of hydrogen-bond donors (Lipinski definition) is 1. The lowest BCUT2D eigenvalue weighted by molar-refractivity contribution is 0.0706. The molecule has 2 aliphatic rings. The third-order valence-electron chi connectivity index (χ3n) is 5.74. The predicted octanol–water partition coefficient (Wildman–Crippen LogP) is 4.57. The molecule has 0 radical (unpaired) electrons. The predicted molar refractivity (Wildman–Crippen MR) is 98.4 cm³/mol. The van der Waals surface area contributed by atoms with Crippen molar-refractivity contribution in [1.82, 2.24) is 5.32 Å². The molecule has 1 aliphatic heterocycles. The highest BCUT2D eigenvalue weighted by molar-refractivity contribution is 5.38. The number of benzene rings is 2. The molecule has 0 bridgehead atoms. The summed E-state index contributed by atoms with van der Waals surface area (Å²) in [4.78, 5) is 0. The molecule has 2 aromatic carbocycles. The number of piperidine rings is 1. The zero-order chi connectivity index (χ0) is 17.1. The van der Waals surface area contributed by atoms with E-state index in [1.807, 2.05) is 24.3 Å². The van der Waals surface area contributed by atoms with Crippen molar-refractivity contribution in [1.29, 1.82) is 0 Å². The lowest BCUT2D eigenvalue weighted by Gasteiger charge is -2.39. The fourth-order valence-electron chi connectivity index (χ4n) is 4.38. The molecule has 4 rings (SSSR count). The van der Waals surface area contributed by atoms with Crippen LogP contribution in [0, 0.1) is 17.7 Å². The molecule has 25 heavy (non-hydrogen) atoms. The second-order valence-electron chi connectivity index (χ2n) is 7.48. The van der Waals surface area contributed by atoms with E-state index >= 15 is 0 Å². The van der Waals surface area contributed by atoms with Crippen LogP contribution in [-0.4, -0.2) is 19.2 Å². The van der Waals surface area contributed by atoms with E-state index in [0.29, 0.717) is 6.42 Å². The van der Waals surface area contributed by atoms with E-state index in [9.17, 15) is 4.39 Å². The first-order chi connectivity index (χ1) is 12.3. The van der Waals surface area contributed by atoms with Crippen LogP contribution in [0.15, 0.2) is 48.5 Å². The van der Waals surface area contributed by atoms with Crippen LogP contribution >= 0.6 is 0 Å². The first-order valence-corrected chi connectivity index (χ1v) is 9.47. The summed E-state index contributed by atoms with van der Waals surface area (Å²) >= 11 is 0. The van der Waals surface area contributed by atoms with Gasteiger partial charge in [0.1, 0.15) is 11.6 Å². The summed E-state index contributed by atoms with van der Waals surface area (Å²) in [5.74, 6) is 2.24. The summed E-state index contributed by atoms with van der Waals surface area (Å²) in [6.45, 7) is 2.29. The molecular weight excluding hydrogens is 313 g/mol. The van der Waals surface area contributed by atoms with Crippen LogP contribution in [0.2, 0.25) is 0 Å². The molecule has 132 valence electrons. The number of hydrogen-bond acceptors (Lipinski definition) is 2. The van der Waals surface area contributed by atoms with Gasteiger partial charge in [0.15, 0.2) is 0 Å². The highest BCUT2D eigenvalue weighted by Crippen LogP contribution is 2.36. The highest BCUT2D eigenvalue weighted by Gasteiger charge is 2.33. The third kappa shape index (κ3) is 4.04. The van der Waals surface area contributed by atoms with Crippen LogP contribution in [0.1, 0.15) is 36.8 Å². The van der Waals surface area contributed by atoms with Crippen molar-refractivity contribution in [3.63, 3.8) is 0 Å². The zero-order valence-corrected chi connectivity index (χ0v) is 14.6. The minimum absolute atomic E-state index is 0.194. The lowest BCUT2D eigenvalue weighted by atomic mass is 9.74. The van der Waals surface area contributed by atoms with Gasteiger partial charge in [0.05, 0.1) is 6.10 Å². The SMILES string of the molecule is Fc1ccc(OC2CCC3CNCCC3C2)c(Cc2ccccc2)c1. The van der Waals surface area contributed by atoms with E-state index in [2.05, 4.69) is 17.4 Å². The number of halogens is 1.